The average Bonchev–Trinajstić information content (AvgIpc) is 2.85. The van der Waals surface area contributed by atoms with E-state index in [1.807, 2.05) is 28.9 Å². The first-order valence-electron chi connectivity index (χ1n) is 7.17. The Morgan fingerprint density at radius 2 is 2.35 bits per heavy atom. The number of nitrogens with two attached hydrogens (primary N) is 1. The van der Waals surface area contributed by atoms with Gasteiger partial charge in [-0.25, -0.2) is 0 Å². The Labute approximate surface area is 126 Å². The zero-order valence-electron chi connectivity index (χ0n) is 12.3. The Hall–Kier alpha value is -1.07. The smallest absolute Gasteiger partial charge is 0.239 e. The summed E-state index contributed by atoms with van der Waals surface area (Å²) in [6.07, 6.45) is 7.72. The van der Waals surface area contributed by atoms with Crippen LogP contribution in [-0.2, 0) is 4.79 Å². The fourth-order valence-electron chi connectivity index (χ4n) is 2.67. The number of likely N-dealkylation sites (tertiary alicyclic amines) is 1. The minimum atomic E-state index is -0.344. The molecule has 0 aromatic carbocycles. The highest BCUT2D eigenvalue weighted by atomic mass is 35.5. The van der Waals surface area contributed by atoms with E-state index in [-0.39, 0.29) is 24.4 Å². The van der Waals surface area contributed by atoms with Gasteiger partial charge in [-0.2, -0.15) is 5.10 Å². The summed E-state index contributed by atoms with van der Waals surface area (Å²) in [4.78, 5) is 14.1. The second kappa shape index (κ2) is 7.64. The largest absolute Gasteiger partial charge is 0.339 e. The van der Waals surface area contributed by atoms with Crippen LogP contribution in [0, 0.1) is 6.92 Å². The van der Waals surface area contributed by atoms with Crippen LogP contribution >= 0.6 is 12.4 Å². The molecule has 0 saturated carbocycles. The average molecular weight is 301 g/mol. The Balaban J connectivity index is 0.00000200. The standard InChI is InChI=1S/C14H24N4O.ClH/c1-3-5-13(15)14(19)17-7-4-6-12(10-17)18-9-11(2)8-16-18;/h8-9,12-13H,3-7,10,15H2,1-2H3;1H. The fourth-order valence-corrected chi connectivity index (χ4v) is 2.67. The molecule has 1 fully saturated rings. The quantitative estimate of drug-likeness (QED) is 0.924. The molecular weight excluding hydrogens is 276 g/mol. The predicted octanol–water partition coefficient (Wildman–Crippen LogP) is 1.90. The molecule has 2 rings (SSSR count). The van der Waals surface area contributed by atoms with Crippen molar-refractivity contribution in [2.24, 2.45) is 5.73 Å². The number of carbonyl (C=O) groups excluding carboxylic acids is 1. The zero-order valence-corrected chi connectivity index (χ0v) is 13.1. The zero-order chi connectivity index (χ0) is 13.8. The van der Waals surface area contributed by atoms with E-state index in [4.69, 9.17) is 5.73 Å². The molecule has 2 atom stereocenters. The van der Waals surface area contributed by atoms with Gasteiger partial charge in [0.05, 0.1) is 18.3 Å². The van der Waals surface area contributed by atoms with Crippen LogP contribution in [0.1, 0.15) is 44.2 Å². The van der Waals surface area contributed by atoms with Crippen LogP contribution in [0.3, 0.4) is 0 Å². The van der Waals surface area contributed by atoms with Crippen molar-refractivity contribution in [3.05, 3.63) is 18.0 Å². The van der Waals surface area contributed by atoms with Crippen molar-refractivity contribution in [1.29, 1.82) is 0 Å². The molecule has 2 N–H and O–H groups in total. The second-order valence-electron chi connectivity index (χ2n) is 5.47. The SMILES string of the molecule is CCCC(N)C(=O)N1CCCC(n2cc(C)cn2)C1.Cl. The second-order valence-corrected chi connectivity index (χ2v) is 5.47. The van der Waals surface area contributed by atoms with E-state index in [0.717, 1.165) is 44.3 Å². The molecule has 6 heteroatoms. The molecule has 0 radical (unpaired) electrons. The number of halogens is 1. The summed E-state index contributed by atoms with van der Waals surface area (Å²) in [6.45, 7) is 5.65. The van der Waals surface area contributed by atoms with Gasteiger partial charge >= 0.3 is 0 Å². The number of aryl methyl sites for hydroxylation is 1. The van der Waals surface area contributed by atoms with Gasteiger partial charge in [0.2, 0.25) is 5.91 Å². The Bertz CT molecular complexity index is 435. The summed E-state index contributed by atoms with van der Waals surface area (Å²) in [7, 11) is 0. The lowest BCUT2D eigenvalue weighted by Gasteiger charge is -2.34. The van der Waals surface area contributed by atoms with Gasteiger partial charge < -0.3 is 10.6 Å². The van der Waals surface area contributed by atoms with Crippen molar-refractivity contribution in [3.8, 4) is 0 Å². The topological polar surface area (TPSA) is 64.2 Å². The Morgan fingerprint density at radius 3 is 2.95 bits per heavy atom. The number of hydrogen-bond acceptors (Lipinski definition) is 3. The number of aromatic nitrogens is 2. The maximum Gasteiger partial charge on any atom is 0.239 e. The van der Waals surface area contributed by atoms with Gasteiger partial charge in [0.15, 0.2) is 0 Å². The molecule has 114 valence electrons. The van der Waals surface area contributed by atoms with Crippen LogP contribution in [-0.4, -0.2) is 39.7 Å². The van der Waals surface area contributed by atoms with Gasteiger partial charge in [-0.1, -0.05) is 13.3 Å². The molecule has 2 unspecified atom stereocenters. The molecule has 1 aromatic heterocycles. The first-order chi connectivity index (χ1) is 9.11. The van der Waals surface area contributed by atoms with E-state index < -0.39 is 0 Å². The van der Waals surface area contributed by atoms with Gasteiger partial charge in [-0.05, 0) is 31.7 Å². The molecule has 0 aliphatic carbocycles. The molecular formula is C14H25ClN4O. The minimum absolute atomic E-state index is 0. The predicted molar refractivity (Wildman–Crippen MR) is 81.9 cm³/mol. The van der Waals surface area contributed by atoms with E-state index in [0.29, 0.717) is 6.04 Å². The third kappa shape index (κ3) is 3.96. The molecule has 5 nitrogen and oxygen atoms in total. The molecule has 20 heavy (non-hydrogen) atoms. The van der Waals surface area contributed by atoms with Gasteiger partial charge in [-0.3, -0.25) is 9.48 Å². The number of carbonyl (C=O) groups is 1. The number of amides is 1. The van der Waals surface area contributed by atoms with Crippen molar-refractivity contribution >= 4 is 18.3 Å². The third-order valence-electron chi connectivity index (χ3n) is 3.73. The van der Waals surface area contributed by atoms with Crippen molar-refractivity contribution < 1.29 is 4.79 Å². The number of hydrogen-bond donors (Lipinski definition) is 1. The summed E-state index contributed by atoms with van der Waals surface area (Å²) in [6, 6.07) is -0.0525. The summed E-state index contributed by atoms with van der Waals surface area (Å²) in [5.74, 6) is 0.0930. The van der Waals surface area contributed by atoms with Crippen molar-refractivity contribution in [1.82, 2.24) is 14.7 Å². The first kappa shape index (κ1) is 17.0. The fraction of sp³-hybridized carbons (Fsp3) is 0.714. The summed E-state index contributed by atoms with van der Waals surface area (Å²) in [5.41, 5.74) is 7.09. The molecule has 1 aliphatic rings. The minimum Gasteiger partial charge on any atom is -0.339 e. The highest BCUT2D eigenvalue weighted by Gasteiger charge is 2.27. The summed E-state index contributed by atoms with van der Waals surface area (Å²) < 4.78 is 1.99. The molecule has 1 saturated heterocycles. The normalized spacial score (nSPS) is 20.4. The molecule has 1 aliphatic heterocycles. The van der Waals surface area contributed by atoms with Crippen molar-refractivity contribution in [2.45, 2.75) is 51.6 Å². The van der Waals surface area contributed by atoms with E-state index in [1.165, 1.54) is 0 Å². The number of piperidine rings is 1. The van der Waals surface area contributed by atoms with Crippen LogP contribution in [0.2, 0.25) is 0 Å². The van der Waals surface area contributed by atoms with Gasteiger partial charge in [0.25, 0.3) is 0 Å². The molecule has 1 amide bonds. The number of rotatable bonds is 4. The third-order valence-corrected chi connectivity index (χ3v) is 3.73. The van der Waals surface area contributed by atoms with Gasteiger partial charge in [0, 0.05) is 19.3 Å². The van der Waals surface area contributed by atoms with Crippen LogP contribution in [0.25, 0.3) is 0 Å². The van der Waals surface area contributed by atoms with E-state index in [9.17, 15) is 4.79 Å². The van der Waals surface area contributed by atoms with Crippen LogP contribution in [0.15, 0.2) is 12.4 Å². The molecule has 1 aromatic rings. The van der Waals surface area contributed by atoms with Crippen LogP contribution in [0.4, 0.5) is 0 Å². The monoisotopic (exact) mass is 300 g/mol. The lowest BCUT2D eigenvalue weighted by Crippen LogP contribution is -2.48. The summed E-state index contributed by atoms with van der Waals surface area (Å²) in [5, 5.41) is 4.36. The van der Waals surface area contributed by atoms with Gasteiger partial charge in [0.1, 0.15) is 0 Å². The molecule has 0 bridgehead atoms. The first-order valence-corrected chi connectivity index (χ1v) is 7.17. The lowest BCUT2D eigenvalue weighted by molar-refractivity contribution is -0.134. The molecule has 2 heterocycles. The number of nitrogens with zero attached hydrogens (tertiary/aromatic N) is 3. The Kier molecular flexibility index (Phi) is 6.49. The molecule has 0 spiro atoms. The maximum absolute atomic E-state index is 12.2. The maximum atomic E-state index is 12.2. The van der Waals surface area contributed by atoms with Crippen molar-refractivity contribution in [3.63, 3.8) is 0 Å². The Morgan fingerprint density at radius 1 is 1.60 bits per heavy atom. The van der Waals surface area contributed by atoms with Crippen molar-refractivity contribution in [2.75, 3.05) is 13.1 Å². The highest BCUT2D eigenvalue weighted by molar-refractivity contribution is 5.85. The van der Waals surface area contributed by atoms with Crippen LogP contribution in [0.5, 0.6) is 0 Å². The van der Waals surface area contributed by atoms with E-state index in [2.05, 4.69) is 12.0 Å². The van der Waals surface area contributed by atoms with Crippen LogP contribution < -0.4 is 5.73 Å². The lowest BCUT2D eigenvalue weighted by atomic mass is 10.0. The van der Waals surface area contributed by atoms with Gasteiger partial charge in [-0.15, -0.1) is 12.4 Å². The van der Waals surface area contributed by atoms with E-state index >= 15 is 0 Å². The summed E-state index contributed by atoms with van der Waals surface area (Å²) >= 11 is 0. The van der Waals surface area contributed by atoms with E-state index in [1.54, 1.807) is 0 Å². The highest BCUT2D eigenvalue weighted by Crippen LogP contribution is 2.21.